The summed E-state index contributed by atoms with van der Waals surface area (Å²) in [4.78, 5) is -0.525. The number of hydrogen-bond donors (Lipinski definition) is 1. The van der Waals surface area contributed by atoms with Gasteiger partial charge in [0, 0.05) is 10.4 Å². The Bertz CT molecular complexity index is 1120. The maximum absolute atomic E-state index is 11.6. The quantitative estimate of drug-likeness (QED) is 0.318. The number of fused-ring (bicyclic) bond motifs is 1. The zero-order chi connectivity index (χ0) is 18.2. The summed E-state index contributed by atoms with van der Waals surface area (Å²) in [5, 5.41) is 19.5. The van der Waals surface area contributed by atoms with Crippen LogP contribution in [0.15, 0.2) is 63.7 Å². The van der Waals surface area contributed by atoms with Gasteiger partial charge in [0.25, 0.3) is 0 Å². The normalized spacial score (nSPS) is 11.7. The molecule has 6 nitrogen and oxygen atoms in total. The van der Waals surface area contributed by atoms with Crippen LogP contribution in [-0.2, 0) is 10.1 Å². The summed E-state index contributed by atoms with van der Waals surface area (Å²) in [6.07, 6.45) is 0. The minimum absolute atomic E-state index is 0. The second-order valence-electron chi connectivity index (χ2n) is 5.33. The van der Waals surface area contributed by atoms with Crippen molar-refractivity contribution in [3.8, 4) is 5.75 Å². The predicted molar refractivity (Wildman–Crippen MR) is 99.7 cm³/mol. The third-order valence-corrected chi connectivity index (χ3v) is 5.13. The zero-order valence-corrected chi connectivity index (χ0v) is 19.7. The Morgan fingerprint density at radius 3 is 2.42 bits per heavy atom. The van der Waals surface area contributed by atoms with Crippen molar-refractivity contribution in [2.24, 2.45) is 10.2 Å². The summed E-state index contributed by atoms with van der Waals surface area (Å²) in [5.41, 5.74) is 0.152. The van der Waals surface area contributed by atoms with Crippen LogP contribution in [0.4, 0.5) is 11.4 Å². The van der Waals surface area contributed by atoms with E-state index in [4.69, 9.17) is 11.6 Å². The Hall–Kier alpha value is -0.909. The number of azo groups is 1. The van der Waals surface area contributed by atoms with Crippen LogP contribution in [-0.4, -0.2) is 67.0 Å². The van der Waals surface area contributed by atoms with Crippen molar-refractivity contribution < 1.29 is 18.1 Å². The van der Waals surface area contributed by atoms with Gasteiger partial charge in [-0.05, 0) is 36.1 Å². The first-order chi connectivity index (χ1) is 11.8. The molecule has 0 saturated carbocycles. The van der Waals surface area contributed by atoms with Gasteiger partial charge < -0.3 is 9.66 Å². The maximum Gasteiger partial charge on any atom is 2.00 e. The number of phenolic OH excluding ortho intramolecular Hbond substituents is 1. The number of nitrogens with zero attached hydrogens (tertiary/aromatic N) is 2. The summed E-state index contributed by atoms with van der Waals surface area (Å²) in [6.45, 7) is 1.42. The predicted octanol–water partition coefficient (Wildman–Crippen LogP) is 4.45. The molecule has 0 amide bonds. The van der Waals surface area contributed by atoms with Gasteiger partial charge in [0.15, 0.2) is 0 Å². The smallest absolute Gasteiger partial charge is 0.744 e. The Balaban J connectivity index is 0.00000243. The zero-order valence-electron chi connectivity index (χ0n) is 13.7. The molecule has 9 heteroatoms. The van der Waals surface area contributed by atoms with Crippen LogP contribution in [0.1, 0.15) is 5.56 Å². The molecule has 0 radical (unpaired) electrons. The largest absolute Gasteiger partial charge is 2.00 e. The summed E-state index contributed by atoms with van der Waals surface area (Å²) in [6, 6.07) is 13.1. The Kier molecular flexibility index (Phi) is 6.92. The standard InChI is InChI=1S/C17H13ClN2O4S.Ba/c1-10-13(18)7-8-14(17(10)25(22,23)24)19-20-16-12-5-3-2-4-11(12)6-9-15(16)21;/h2-9,21H,1H3,(H,22,23,24);/q;+2/p-1. The molecule has 0 aliphatic heterocycles. The summed E-state index contributed by atoms with van der Waals surface area (Å²) in [5.74, 6) is -0.111. The first-order valence-electron chi connectivity index (χ1n) is 7.16. The molecule has 0 spiro atoms. The molecule has 1 N–H and O–H groups in total. The van der Waals surface area contributed by atoms with E-state index in [1.54, 1.807) is 18.2 Å². The molecule has 128 valence electrons. The minimum Gasteiger partial charge on any atom is -0.744 e. The fourth-order valence-corrected chi connectivity index (χ4v) is 3.56. The average molecular weight is 513 g/mol. The molecule has 0 aliphatic rings. The van der Waals surface area contributed by atoms with Gasteiger partial charge in [-0.2, -0.15) is 0 Å². The van der Waals surface area contributed by atoms with Gasteiger partial charge in [-0.1, -0.05) is 41.9 Å². The molecule has 0 atom stereocenters. The number of halogens is 1. The van der Waals surface area contributed by atoms with Crippen molar-refractivity contribution in [2.45, 2.75) is 11.8 Å². The third-order valence-electron chi connectivity index (χ3n) is 3.71. The van der Waals surface area contributed by atoms with Crippen molar-refractivity contribution in [2.75, 3.05) is 0 Å². The molecular formula is C17H12BaClN2O4S+. The maximum atomic E-state index is 11.6. The monoisotopic (exact) mass is 513 g/mol. The van der Waals surface area contributed by atoms with Crippen LogP contribution in [0, 0.1) is 6.92 Å². The van der Waals surface area contributed by atoms with E-state index in [2.05, 4.69) is 10.2 Å². The molecule has 0 unspecified atom stereocenters. The van der Waals surface area contributed by atoms with Crippen LogP contribution in [0.5, 0.6) is 5.75 Å². The van der Waals surface area contributed by atoms with Crippen molar-refractivity contribution in [3.63, 3.8) is 0 Å². The number of aromatic hydroxyl groups is 1. The van der Waals surface area contributed by atoms with Gasteiger partial charge in [-0.25, -0.2) is 8.42 Å². The van der Waals surface area contributed by atoms with Gasteiger partial charge in [0.05, 0.1) is 4.90 Å². The van der Waals surface area contributed by atoms with Crippen molar-refractivity contribution in [3.05, 3.63) is 59.1 Å². The third kappa shape index (κ3) is 4.32. The molecule has 3 rings (SSSR count). The number of rotatable bonds is 3. The summed E-state index contributed by atoms with van der Waals surface area (Å²) in [7, 11) is -4.79. The van der Waals surface area contributed by atoms with Gasteiger partial charge in [0.2, 0.25) is 0 Å². The van der Waals surface area contributed by atoms with Gasteiger partial charge >= 0.3 is 48.9 Å². The van der Waals surface area contributed by atoms with Crippen LogP contribution >= 0.6 is 11.6 Å². The number of hydrogen-bond acceptors (Lipinski definition) is 6. The first kappa shape index (κ1) is 21.4. The molecule has 0 aliphatic carbocycles. The second-order valence-corrected chi connectivity index (χ2v) is 7.05. The van der Waals surface area contributed by atoms with E-state index in [0.29, 0.717) is 5.39 Å². The SMILES string of the molecule is Cc1c(Cl)ccc(N=Nc2c(O)ccc3ccccc23)c1S(=O)(=O)[O-].[Ba+2]. The molecule has 26 heavy (non-hydrogen) atoms. The van der Waals surface area contributed by atoms with Gasteiger partial charge in [-0.3, -0.25) is 0 Å². The molecule has 0 bridgehead atoms. The summed E-state index contributed by atoms with van der Waals surface area (Å²) >= 11 is 5.90. The van der Waals surface area contributed by atoms with Crippen LogP contribution < -0.4 is 0 Å². The van der Waals surface area contributed by atoms with E-state index in [9.17, 15) is 18.1 Å². The van der Waals surface area contributed by atoms with Crippen molar-refractivity contribution in [1.29, 1.82) is 0 Å². The molecular weight excluding hydrogens is 501 g/mol. The summed E-state index contributed by atoms with van der Waals surface area (Å²) < 4.78 is 34.7. The molecule has 3 aromatic carbocycles. The number of phenols is 1. The van der Waals surface area contributed by atoms with Gasteiger partial charge in [0.1, 0.15) is 27.2 Å². The molecule has 0 heterocycles. The molecule has 0 aromatic heterocycles. The molecule has 3 aromatic rings. The fraction of sp³-hybridized carbons (Fsp3) is 0.0588. The van der Waals surface area contributed by atoms with E-state index >= 15 is 0 Å². The first-order valence-corrected chi connectivity index (χ1v) is 8.95. The van der Waals surface area contributed by atoms with Crippen LogP contribution in [0.25, 0.3) is 10.8 Å². The van der Waals surface area contributed by atoms with E-state index in [1.807, 2.05) is 12.1 Å². The van der Waals surface area contributed by atoms with Crippen LogP contribution in [0.2, 0.25) is 5.02 Å². The van der Waals surface area contributed by atoms with Gasteiger partial charge in [-0.15, -0.1) is 10.2 Å². The van der Waals surface area contributed by atoms with E-state index in [0.717, 1.165) is 5.39 Å². The molecule has 0 fully saturated rings. The molecule has 0 saturated heterocycles. The fourth-order valence-electron chi connectivity index (χ4n) is 2.50. The van der Waals surface area contributed by atoms with E-state index in [-0.39, 0.29) is 76.6 Å². The van der Waals surface area contributed by atoms with Crippen LogP contribution in [0.3, 0.4) is 0 Å². The number of benzene rings is 3. The Morgan fingerprint density at radius 1 is 1.04 bits per heavy atom. The van der Waals surface area contributed by atoms with E-state index < -0.39 is 15.0 Å². The van der Waals surface area contributed by atoms with Crippen molar-refractivity contribution in [1.82, 2.24) is 0 Å². The minimum atomic E-state index is -4.79. The topological polar surface area (TPSA) is 102 Å². The second kappa shape index (κ2) is 8.41. The van der Waals surface area contributed by atoms with Crippen molar-refractivity contribution >= 4 is 92.7 Å². The Labute approximate surface area is 195 Å². The Morgan fingerprint density at radius 2 is 1.73 bits per heavy atom. The average Bonchev–Trinajstić information content (AvgIpc) is 2.56. The van der Waals surface area contributed by atoms with E-state index in [1.165, 1.54) is 25.1 Å².